The van der Waals surface area contributed by atoms with Gasteiger partial charge >= 0.3 is 29.7 Å². The first-order valence-electron chi connectivity index (χ1n) is 23.2. The minimum atomic E-state index is -2.50. The topological polar surface area (TPSA) is 138 Å². The molecule has 0 heterocycles. The van der Waals surface area contributed by atoms with Crippen LogP contribution >= 0.6 is 0 Å². The zero-order valence-electron chi connectivity index (χ0n) is 37.9. The lowest BCUT2D eigenvalue weighted by atomic mass is 10.1. The largest absolute Gasteiger partial charge is 0.500 e. The van der Waals surface area contributed by atoms with Gasteiger partial charge in [0.05, 0.1) is 0 Å². The molecule has 0 aliphatic carbocycles. The summed E-state index contributed by atoms with van der Waals surface area (Å²) in [7, 11) is -5.00. The van der Waals surface area contributed by atoms with Gasteiger partial charge in [-0.3, -0.25) is 0 Å². The highest BCUT2D eigenvalue weighted by Crippen LogP contribution is 2.22. The van der Waals surface area contributed by atoms with Gasteiger partial charge in [-0.2, -0.15) is 0 Å². The monoisotopic (exact) mass is 855 g/mol. The summed E-state index contributed by atoms with van der Waals surface area (Å²) < 4.78 is 35.6. The molecule has 0 saturated heterocycles. The predicted molar refractivity (Wildman–Crippen MR) is 242 cm³/mol. The van der Waals surface area contributed by atoms with E-state index in [1.54, 1.807) is 0 Å². The zero-order chi connectivity index (χ0) is 42.7. The summed E-state index contributed by atoms with van der Waals surface area (Å²) in [6, 6.07) is 1.57. The summed E-state index contributed by atoms with van der Waals surface area (Å²) in [5.41, 5.74) is 0. The molecule has 0 bridgehead atoms. The van der Waals surface area contributed by atoms with Gasteiger partial charge in [0.15, 0.2) is 0 Å². The molecule has 0 fully saturated rings. The molecular weight excluding hydrogens is 769 g/mol. The maximum Gasteiger partial charge on any atom is 0.500 e. The standard InChI is InChI=1S/C44H86N4O8Si2/c1-7-51-57(52-8-2,53-9-3)41-35-29-23-17-15-21-27-33-39-47-43(49)45-37-31-25-19-13-14-20-26-32-38-46-44(50)48-40-34-28-22-16-18-24-30-36-42-58(54-10-4,55-11-5)56-12-6/h7-12,15-18,21-42H2,1-6H3,(H2,45,47,49)(H2,46,48,50). The molecule has 4 amide bonds. The number of carbonyl (C=O) groups is 2. The van der Waals surface area contributed by atoms with Crippen molar-refractivity contribution in [3.8, 4) is 23.7 Å². The van der Waals surface area contributed by atoms with Gasteiger partial charge in [0.25, 0.3) is 0 Å². The van der Waals surface area contributed by atoms with Crippen LogP contribution in [0, 0.1) is 23.7 Å². The van der Waals surface area contributed by atoms with Crippen LogP contribution in [0.25, 0.3) is 0 Å². The van der Waals surface area contributed by atoms with E-state index in [1.807, 2.05) is 41.5 Å². The quantitative estimate of drug-likeness (QED) is 0.0272. The van der Waals surface area contributed by atoms with Crippen LogP contribution in [0.15, 0.2) is 0 Å². The number of nitrogens with one attached hydrogen (secondary N) is 4. The number of unbranched alkanes of at least 4 members (excludes halogenated alkanes) is 16. The van der Waals surface area contributed by atoms with Gasteiger partial charge < -0.3 is 47.8 Å². The highest BCUT2D eigenvalue weighted by Gasteiger charge is 2.40. The Bertz CT molecular complexity index is 981. The van der Waals surface area contributed by atoms with Gasteiger partial charge in [-0.1, -0.05) is 88.9 Å². The second-order valence-electron chi connectivity index (χ2n) is 14.3. The normalized spacial score (nSPS) is 11.3. The fourth-order valence-electron chi connectivity index (χ4n) is 6.56. The molecular formula is C44H86N4O8Si2. The number of hydrogen-bond donors (Lipinski definition) is 4. The average molecular weight is 855 g/mol. The lowest BCUT2D eigenvalue weighted by molar-refractivity contribution is 0.0698. The fourth-order valence-corrected chi connectivity index (χ4v) is 11.9. The molecule has 0 aliphatic heterocycles. The molecule has 58 heavy (non-hydrogen) atoms. The second-order valence-corrected chi connectivity index (χ2v) is 19.8. The highest BCUT2D eigenvalue weighted by molar-refractivity contribution is 6.61. The van der Waals surface area contributed by atoms with Crippen molar-refractivity contribution in [3.63, 3.8) is 0 Å². The molecule has 0 spiro atoms. The first-order chi connectivity index (χ1) is 28.4. The van der Waals surface area contributed by atoms with Crippen LogP contribution in [0.5, 0.6) is 0 Å². The SMILES string of the molecule is CCO[Si](CCCCCCCCCCNC(=O)NCCCC#CC#CCCCNC(=O)NCCCCCCCCCC[Si](OCC)(OCC)OCC)(OCC)OCC. The van der Waals surface area contributed by atoms with E-state index >= 15 is 0 Å². The van der Waals surface area contributed by atoms with Crippen molar-refractivity contribution >= 4 is 29.7 Å². The lowest BCUT2D eigenvalue weighted by Gasteiger charge is -2.28. The van der Waals surface area contributed by atoms with Gasteiger partial charge in [0, 0.05) is 90.8 Å². The number of amides is 4. The van der Waals surface area contributed by atoms with Crippen LogP contribution in [-0.2, 0) is 26.6 Å². The predicted octanol–water partition coefficient (Wildman–Crippen LogP) is 9.49. The zero-order valence-corrected chi connectivity index (χ0v) is 39.9. The summed E-state index contributed by atoms with van der Waals surface area (Å²) in [4.78, 5) is 24.1. The summed E-state index contributed by atoms with van der Waals surface area (Å²) in [5, 5.41) is 11.7. The Labute approximate surface area is 357 Å². The minimum absolute atomic E-state index is 0.113. The number of carbonyl (C=O) groups excluding carboxylic acids is 2. The maximum absolute atomic E-state index is 12.0. The van der Waals surface area contributed by atoms with Crippen LogP contribution in [-0.4, -0.2) is 95.5 Å². The van der Waals surface area contributed by atoms with Crippen molar-refractivity contribution < 1.29 is 36.1 Å². The van der Waals surface area contributed by atoms with E-state index in [0.29, 0.717) is 78.7 Å². The van der Waals surface area contributed by atoms with E-state index < -0.39 is 17.6 Å². The van der Waals surface area contributed by atoms with E-state index in [-0.39, 0.29) is 12.1 Å². The van der Waals surface area contributed by atoms with Gasteiger partial charge in [0.1, 0.15) is 0 Å². The Kier molecular flexibility index (Phi) is 40.0. The van der Waals surface area contributed by atoms with Crippen molar-refractivity contribution in [3.05, 3.63) is 0 Å². The van der Waals surface area contributed by atoms with Crippen LogP contribution in [0.2, 0.25) is 12.1 Å². The van der Waals surface area contributed by atoms with Crippen LogP contribution in [0.1, 0.15) is 170 Å². The third-order valence-electron chi connectivity index (χ3n) is 9.34. The smallest absolute Gasteiger partial charge is 0.374 e. The molecule has 0 aromatic carbocycles. The molecule has 0 aromatic heterocycles. The van der Waals surface area contributed by atoms with Crippen LogP contribution in [0.3, 0.4) is 0 Å². The number of urea groups is 2. The van der Waals surface area contributed by atoms with Gasteiger partial charge in [-0.15, -0.1) is 0 Å². The third kappa shape index (κ3) is 33.7. The molecule has 0 radical (unpaired) electrons. The molecule has 338 valence electrons. The Balaban J connectivity index is 3.64. The van der Waals surface area contributed by atoms with Crippen molar-refractivity contribution in [2.24, 2.45) is 0 Å². The Morgan fingerprint density at radius 1 is 0.362 bits per heavy atom. The minimum Gasteiger partial charge on any atom is -0.374 e. The third-order valence-corrected chi connectivity index (χ3v) is 15.6. The molecule has 0 rings (SSSR count). The average Bonchev–Trinajstić information content (AvgIpc) is 3.20. The Hall–Kier alpha value is -2.15. The molecule has 0 atom stereocenters. The van der Waals surface area contributed by atoms with Crippen molar-refractivity contribution in [1.29, 1.82) is 0 Å². The van der Waals surface area contributed by atoms with Gasteiger partial charge in [0.2, 0.25) is 0 Å². The molecule has 0 unspecified atom stereocenters. The van der Waals surface area contributed by atoms with E-state index in [4.69, 9.17) is 26.6 Å². The second kappa shape index (κ2) is 41.6. The van der Waals surface area contributed by atoms with Crippen LogP contribution < -0.4 is 21.3 Å². The van der Waals surface area contributed by atoms with E-state index in [9.17, 15) is 9.59 Å². The molecule has 14 heteroatoms. The molecule has 0 aromatic rings. The van der Waals surface area contributed by atoms with Crippen molar-refractivity contribution in [1.82, 2.24) is 21.3 Å². The first-order valence-corrected chi connectivity index (χ1v) is 27.0. The van der Waals surface area contributed by atoms with Gasteiger partial charge in [-0.25, -0.2) is 9.59 Å². The number of hydrogen-bond acceptors (Lipinski definition) is 8. The van der Waals surface area contributed by atoms with Crippen molar-refractivity contribution in [2.75, 3.05) is 65.8 Å². The molecule has 12 nitrogen and oxygen atoms in total. The summed E-state index contributed by atoms with van der Waals surface area (Å²) >= 11 is 0. The fraction of sp³-hybridized carbons (Fsp3) is 0.864. The highest BCUT2D eigenvalue weighted by atomic mass is 28.4. The van der Waals surface area contributed by atoms with E-state index in [0.717, 1.165) is 63.5 Å². The molecule has 0 saturated carbocycles. The molecule has 0 aliphatic rings. The Morgan fingerprint density at radius 2 is 0.603 bits per heavy atom. The van der Waals surface area contributed by atoms with Gasteiger partial charge in [-0.05, 0) is 91.9 Å². The summed E-state index contributed by atoms with van der Waals surface area (Å²) in [6.45, 7) is 18.4. The number of rotatable bonds is 40. The van der Waals surface area contributed by atoms with Crippen molar-refractivity contribution in [2.45, 2.75) is 182 Å². The van der Waals surface area contributed by atoms with Crippen LogP contribution in [0.4, 0.5) is 9.59 Å². The van der Waals surface area contributed by atoms with E-state index in [1.165, 1.54) is 64.2 Å². The Morgan fingerprint density at radius 3 is 0.879 bits per heavy atom. The van der Waals surface area contributed by atoms with E-state index in [2.05, 4.69) is 44.9 Å². The molecule has 4 N–H and O–H groups in total. The summed E-state index contributed by atoms with van der Waals surface area (Å²) in [5.74, 6) is 11.8. The lowest BCUT2D eigenvalue weighted by Crippen LogP contribution is -2.45. The first kappa shape index (κ1) is 55.9. The maximum atomic E-state index is 12.0. The summed E-state index contributed by atoms with van der Waals surface area (Å²) in [6.07, 6.45) is 21.5.